The maximum Gasteiger partial charge on any atom is 0.0974 e. The third-order valence-corrected chi connectivity index (χ3v) is 4.81. The number of nitrogens with zero attached hydrogens (tertiary/aromatic N) is 2. The van der Waals surface area contributed by atoms with E-state index in [9.17, 15) is 5.11 Å². The van der Waals surface area contributed by atoms with Crippen molar-refractivity contribution < 1.29 is 5.11 Å². The molecule has 1 aromatic heterocycles. The van der Waals surface area contributed by atoms with E-state index in [0.717, 1.165) is 29.6 Å². The highest BCUT2D eigenvalue weighted by Crippen LogP contribution is 2.35. The van der Waals surface area contributed by atoms with Gasteiger partial charge in [0.1, 0.15) is 0 Å². The first kappa shape index (κ1) is 14.5. The number of aliphatic hydroxyl groups is 1. The summed E-state index contributed by atoms with van der Waals surface area (Å²) < 4.78 is 0. The number of pyridine rings is 1. The molecule has 3 heteroatoms. The van der Waals surface area contributed by atoms with Gasteiger partial charge in [0.05, 0.1) is 11.6 Å². The van der Waals surface area contributed by atoms with Crippen LogP contribution < -0.4 is 0 Å². The van der Waals surface area contributed by atoms with Gasteiger partial charge in [0.2, 0.25) is 0 Å². The lowest BCUT2D eigenvalue weighted by atomic mass is 9.86. The smallest absolute Gasteiger partial charge is 0.0974 e. The van der Waals surface area contributed by atoms with Crippen LogP contribution in [0.5, 0.6) is 0 Å². The number of hydrogen-bond donors (Lipinski definition) is 1. The van der Waals surface area contributed by atoms with E-state index in [2.05, 4.69) is 23.7 Å². The minimum Gasteiger partial charge on any atom is -0.386 e. The first-order valence-corrected chi connectivity index (χ1v) is 7.87. The lowest BCUT2D eigenvalue weighted by Crippen LogP contribution is -2.50. The van der Waals surface area contributed by atoms with Crippen LogP contribution in [0.4, 0.5) is 0 Å². The molecule has 0 spiro atoms. The Kier molecular flexibility index (Phi) is 3.96. The van der Waals surface area contributed by atoms with E-state index in [1.54, 1.807) is 6.20 Å². The summed E-state index contributed by atoms with van der Waals surface area (Å²) in [4.78, 5) is 6.82. The summed E-state index contributed by atoms with van der Waals surface area (Å²) in [5, 5.41) is 12.1. The second kappa shape index (κ2) is 5.74. The lowest BCUT2D eigenvalue weighted by molar-refractivity contribution is -0.0201. The van der Waals surface area contributed by atoms with Crippen molar-refractivity contribution in [3.8, 4) is 0 Å². The van der Waals surface area contributed by atoms with Crippen LogP contribution in [0.15, 0.2) is 36.5 Å². The Bertz CT molecular complexity index is 612. The van der Waals surface area contributed by atoms with Gasteiger partial charge in [0, 0.05) is 17.1 Å². The molecule has 0 aliphatic carbocycles. The van der Waals surface area contributed by atoms with Gasteiger partial charge in [0.15, 0.2) is 0 Å². The Labute approximate surface area is 126 Å². The summed E-state index contributed by atoms with van der Waals surface area (Å²) in [5.41, 5.74) is 1.67. The van der Waals surface area contributed by atoms with Gasteiger partial charge in [-0.3, -0.25) is 9.88 Å². The quantitative estimate of drug-likeness (QED) is 0.936. The molecule has 3 rings (SSSR count). The molecule has 0 saturated carbocycles. The first-order chi connectivity index (χ1) is 10.1. The zero-order chi connectivity index (χ0) is 14.9. The van der Waals surface area contributed by atoms with Crippen molar-refractivity contribution in [3.63, 3.8) is 0 Å². The van der Waals surface area contributed by atoms with Gasteiger partial charge in [-0.2, -0.15) is 0 Å². The van der Waals surface area contributed by atoms with Crippen molar-refractivity contribution in [2.75, 3.05) is 13.1 Å². The molecule has 1 N–H and O–H groups in total. The summed E-state index contributed by atoms with van der Waals surface area (Å²) in [6.07, 6.45) is 5.05. The standard InChI is InChI=1S/C18H24N2O/c1-18(2,20-12-4-3-5-13-20)17(21)15-8-6-10-16-14(15)9-7-11-19-16/h6-11,17,21H,3-5,12-13H2,1-2H3. The summed E-state index contributed by atoms with van der Waals surface area (Å²) >= 11 is 0. The molecule has 0 bridgehead atoms. The molecular formula is C18H24N2O. The van der Waals surface area contributed by atoms with Crippen molar-refractivity contribution in [3.05, 3.63) is 42.1 Å². The van der Waals surface area contributed by atoms with E-state index < -0.39 is 6.10 Å². The predicted molar refractivity (Wildman–Crippen MR) is 86.2 cm³/mol. The number of aliphatic hydroxyl groups excluding tert-OH is 1. The van der Waals surface area contributed by atoms with Crippen LogP contribution in [0.3, 0.4) is 0 Å². The largest absolute Gasteiger partial charge is 0.386 e. The van der Waals surface area contributed by atoms with Gasteiger partial charge in [-0.25, -0.2) is 0 Å². The lowest BCUT2D eigenvalue weighted by Gasteiger charge is -2.44. The molecule has 2 aromatic rings. The highest BCUT2D eigenvalue weighted by atomic mass is 16.3. The van der Waals surface area contributed by atoms with Crippen LogP contribution in [0, 0.1) is 0 Å². The zero-order valence-electron chi connectivity index (χ0n) is 12.9. The van der Waals surface area contributed by atoms with Gasteiger partial charge < -0.3 is 5.11 Å². The Morgan fingerprint density at radius 2 is 1.86 bits per heavy atom. The molecule has 0 radical (unpaired) electrons. The highest BCUT2D eigenvalue weighted by Gasteiger charge is 2.36. The summed E-state index contributed by atoms with van der Waals surface area (Å²) in [5.74, 6) is 0. The average Bonchev–Trinajstić information content (AvgIpc) is 2.54. The predicted octanol–water partition coefficient (Wildman–Crippen LogP) is 3.53. The molecule has 2 heterocycles. The van der Waals surface area contributed by atoms with Gasteiger partial charge in [-0.15, -0.1) is 0 Å². The Balaban J connectivity index is 1.97. The number of aromatic nitrogens is 1. The van der Waals surface area contributed by atoms with Crippen molar-refractivity contribution in [1.82, 2.24) is 9.88 Å². The summed E-state index contributed by atoms with van der Waals surface area (Å²) in [6.45, 7) is 6.45. The van der Waals surface area contributed by atoms with Gasteiger partial charge in [-0.05, 0) is 57.5 Å². The van der Waals surface area contributed by atoms with E-state index in [-0.39, 0.29) is 5.54 Å². The molecule has 1 atom stereocenters. The fourth-order valence-corrected chi connectivity index (χ4v) is 3.39. The van der Waals surface area contributed by atoms with Crippen LogP contribution in [0.25, 0.3) is 10.9 Å². The molecule has 1 aromatic carbocycles. The minimum atomic E-state index is -0.511. The number of likely N-dealkylation sites (tertiary alicyclic amines) is 1. The SMILES string of the molecule is CC(C)(C(O)c1cccc2ncccc12)N1CCCCC1. The van der Waals surface area contributed by atoms with Gasteiger partial charge in [-0.1, -0.05) is 24.6 Å². The van der Waals surface area contributed by atoms with Gasteiger partial charge in [0.25, 0.3) is 0 Å². The van der Waals surface area contributed by atoms with Crippen molar-refractivity contribution in [2.24, 2.45) is 0 Å². The Morgan fingerprint density at radius 1 is 1.10 bits per heavy atom. The normalized spacial score (nSPS) is 18.8. The molecule has 112 valence electrons. The molecule has 1 aliphatic heterocycles. The van der Waals surface area contributed by atoms with Crippen LogP contribution in [0.1, 0.15) is 44.8 Å². The minimum absolute atomic E-state index is 0.259. The van der Waals surface area contributed by atoms with Crippen LogP contribution in [0.2, 0.25) is 0 Å². The van der Waals surface area contributed by atoms with E-state index in [1.807, 2.05) is 30.3 Å². The van der Waals surface area contributed by atoms with Crippen LogP contribution in [-0.4, -0.2) is 33.6 Å². The van der Waals surface area contributed by atoms with Crippen molar-refractivity contribution in [1.29, 1.82) is 0 Å². The molecule has 1 fully saturated rings. The molecule has 1 saturated heterocycles. The molecule has 1 aliphatic rings. The second-order valence-corrected chi connectivity index (χ2v) is 6.52. The monoisotopic (exact) mass is 284 g/mol. The van der Waals surface area contributed by atoms with E-state index in [1.165, 1.54) is 19.3 Å². The fraction of sp³-hybridized carbons (Fsp3) is 0.500. The third kappa shape index (κ3) is 2.68. The zero-order valence-corrected chi connectivity index (χ0v) is 12.9. The summed E-state index contributed by atoms with van der Waals surface area (Å²) in [7, 11) is 0. The van der Waals surface area contributed by atoms with E-state index in [4.69, 9.17) is 0 Å². The number of rotatable bonds is 3. The maximum atomic E-state index is 11.0. The molecule has 21 heavy (non-hydrogen) atoms. The van der Waals surface area contributed by atoms with Crippen molar-refractivity contribution >= 4 is 10.9 Å². The van der Waals surface area contributed by atoms with E-state index >= 15 is 0 Å². The topological polar surface area (TPSA) is 36.4 Å². The number of hydrogen-bond acceptors (Lipinski definition) is 3. The summed E-state index contributed by atoms with van der Waals surface area (Å²) in [6, 6.07) is 10.00. The van der Waals surface area contributed by atoms with Gasteiger partial charge >= 0.3 is 0 Å². The number of piperidine rings is 1. The molecule has 3 nitrogen and oxygen atoms in total. The third-order valence-electron chi connectivity index (χ3n) is 4.81. The molecule has 1 unspecified atom stereocenters. The van der Waals surface area contributed by atoms with E-state index in [0.29, 0.717) is 0 Å². The Morgan fingerprint density at radius 3 is 2.62 bits per heavy atom. The molecular weight excluding hydrogens is 260 g/mol. The maximum absolute atomic E-state index is 11.0. The first-order valence-electron chi connectivity index (χ1n) is 7.87. The average molecular weight is 284 g/mol. The van der Waals surface area contributed by atoms with Crippen LogP contribution in [-0.2, 0) is 0 Å². The van der Waals surface area contributed by atoms with Crippen molar-refractivity contribution in [2.45, 2.75) is 44.8 Å². The Hall–Kier alpha value is -1.45. The highest BCUT2D eigenvalue weighted by molar-refractivity contribution is 5.82. The fourth-order valence-electron chi connectivity index (χ4n) is 3.39. The number of fused-ring (bicyclic) bond motifs is 1. The van der Waals surface area contributed by atoms with Crippen LogP contribution >= 0.6 is 0 Å². The second-order valence-electron chi connectivity index (χ2n) is 6.52. The number of benzene rings is 1. The molecule has 0 amide bonds.